The van der Waals surface area contributed by atoms with Crippen LogP contribution in [0.4, 0.5) is 0 Å². The summed E-state index contributed by atoms with van der Waals surface area (Å²) in [7, 11) is 0. The van der Waals surface area contributed by atoms with Gasteiger partial charge in [0, 0.05) is 31.4 Å². The topological polar surface area (TPSA) is 49.6 Å². The van der Waals surface area contributed by atoms with Gasteiger partial charge in [0.2, 0.25) is 5.91 Å². The fourth-order valence-electron chi connectivity index (χ4n) is 3.16. The number of pyridine rings is 1. The van der Waals surface area contributed by atoms with Crippen molar-refractivity contribution in [2.75, 3.05) is 19.6 Å². The molecule has 1 fully saturated rings. The van der Waals surface area contributed by atoms with Crippen molar-refractivity contribution in [2.45, 2.75) is 32.2 Å². The Kier molecular flexibility index (Phi) is 5.53. The summed E-state index contributed by atoms with van der Waals surface area (Å²) >= 11 is 6.17. The minimum Gasteiger partial charge on any atom is -0.350 e. The van der Waals surface area contributed by atoms with Gasteiger partial charge in [-0.3, -0.25) is 9.20 Å². The molecule has 2 aromatic rings. The standard InChI is InChI=1S/C18H23ClN4O/c1-2-10-22-12-8-14(9-13-22)20-17(24)7-6-15-18(19)21-16-5-3-4-11-23(15)16/h3-7,11,14H,2,8-10,12-13H2,1H3,(H,20,24)/b7-6+. The molecule has 0 aromatic carbocycles. The number of amides is 1. The molecule has 1 saturated heterocycles. The first kappa shape index (κ1) is 17.0. The molecule has 0 radical (unpaired) electrons. The van der Waals surface area contributed by atoms with E-state index in [0.29, 0.717) is 5.15 Å². The average molecular weight is 347 g/mol. The number of carbonyl (C=O) groups is 1. The van der Waals surface area contributed by atoms with Gasteiger partial charge in [-0.25, -0.2) is 4.98 Å². The first-order valence-electron chi connectivity index (χ1n) is 8.51. The second kappa shape index (κ2) is 7.81. The molecule has 128 valence electrons. The van der Waals surface area contributed by atoms with E-state index in [1.54, 1.807) is 12.2 Å². The second-order valence-corrected chi connectivity index (χ2v) is 6.53. The number of likely N-dealkylation sites (tertiary alicyclic amines) is 1. The van der Waals surface area contributed by atoms with E-state index in [-0.39, 0.29) is 11.9 Å². The van der Waals surface area contributed by atoms with Crippen LogP contribution in [0, 0.1) is 0 Å². The number of hydrogen-bond donors (Lipinski definition) is 1. The van der Waals surface area contributed by atoms with Gasteiger partial charge in [-0.15, -0.1) is 0 Å². The van der Waals surface area contributed by atoms with Gasteiger partial charge in [0.05, 0.1) is 5.69 Å². The van der Waals surface area contributed by atoms with Gasteiger partial charge in [-0.1, -0.05) is 24.6 Å². The Balaban J connectivity index is 1.59. The van der Waals surface area contributed by atoms with Crippen LogP contribution >= 0.6 is 11.6 Å². The quantitative estimate of drug-likeness (QED) is 0.847. The van der Waals surface area contributed by atoms with E-state index in [2.05, 4.69) is 22.1 Å². The lowest BCUT2D eigenvalue weighted by Gasteiger charge is -2.31. The van der Waals surface area contributed by atoms with Crippen molar-refractivity contribution < 1.29 is 4.79 Å². The molecule has 6 heteroatoms. The van der Waals surface area contributed by atoms with E-state index in [1.807, 2.05) is 28.8 Å². The molecular weight excluding hydrogens is 324 g/mol. The number of nitrogens with zero attached hydrogens (tertiary/aromatic N) is 3. The number of halogens is 1. The lowest BCUT2D eigenvalue weighted by atomic mass is 10.0. The summed E-state index contributed by atoms with van der Waals surface area (Å²) in [5.41, 5.74) is 1.49. The molecule has 3 heterocycles. The van der Waals surface area contributed by atoms with Crippen molar-refractivity contribution in [2.24, 2.45) is 0 Å². The zero-order valence-electron chi connectivity index (χ0n) is 13.9. The van der Waals surface area contributed by atoms with E-state index in [9.17, 15) is 4.79 Å². The Bertz CT molecular complexity index is 732. The summed E-state index contributed by atoms with van der Waals surface area (Å²) < 4.78 is 1.87. The lowest BCUT2D eigenvalue weighted by Crippen LogP contribution is -2.44. The number of fused-ring (bicyclic) bond motifs is 1. The average Bonchev–Trinajstić information content (AvgIpc) is 2.90. The predicted octanol–water partition coefficient (Wildman–Crippen LogP) is 2.99. The highest BCUT2D eigenvalue weighted by Crippen LogP contribution is 2.19. The Morgan fingerprint density at radius 1 is 1.42 bits per heavy atom. The van der Waals surface area contributed by atoms with Gasteiger partial charge in [0.25, 0.3) is 0 Å². The van der Waals surface area contributed by atoms with Crippen molar-refractivity contribution in [3.8, 4) is 0 Å². The molecule has 1 aliphatic rings. The number of hydrogen-bond acceptors (Lipinski definition) is 3. The highest BCUT2D eigenvalue weighted by molar-refractivity contribution is 6.31. The molecule has 24 heavy (non-hydrogen) atoms. The summed E-state index contributed by atoms with van der Waals surface area (Å²) in [6.07, 6.45) is 8.35. The summed E-state index contributed by atoms with van der Waals surface area (Å²) in [5, 5.41) is 3.49. The zero-order chi connectivity index (χ0) is 16.9. The number of imidazole rings is 1. The summed E-state index contributed by atoms with van der Waals surface area (Å²) in [5.74, 6) is -0.0779. The zero-order valence-corrected chi connectivity index (χ0v) is 14.7. The number of aromatic nitrogens is 2. The van der Waals surface area contributed by atoms with Crippen molar-refractivity contribution >= 4 is 29.2 Å². The Morgan fingerprint density at radius 2 is 2.21 bits per heavy atom. The van der Waals surface area contributed by atoms with Crippen molar-refractivity contribution in [1.29, 1.82) is 0 Å². The molecule has 0 unspecified atom stereocenters. The van der Waals surface area contributed by atoms with Crippen LogP contribution in [-0.2, 0) is 4.79 Å². The molecule has 0 atom stereocenters. The molecule has 0 bridgehead atoms. The van der Waals surface area contributed by atoms with Crippen LogP contribution in [0.25, 0.3) is 11.7 Å². The van der Waals surface area contributed by atoms with E-state index < -0.39 is 0 Å². The maximum atomic E-state index is 12.2. The molecule has 3 rings (SSSR count). The molecular formula is C18H23ClN4O. The van der Waals surface area contributed by atoms with Crippen LogP contribution in [0.5, 0.6) is 0 Å². The predicted molar refractivity (Wildman–Crippen MR) is 97.1 cm³/mol. The molecule has 2 aromatic heterocycles. The lowest BCUT2D eigenvalue weighted by molar-refractivity contribution is -0.117. The van der Waals surface area contributed by atoms with Gasteiger partial charge in [0.1, 0.15) is 5.65 Å². The first-order chi connectivity index (χ1) is 11.7. The van der Waals surface area contributed by atoms with Crippen LogP contribution in [-0.4, -0.2) is 45.9 Å². The highest BCUT2D eigenvalue weighted by atomic mass is 35.5. The third-order valence-corrected chi connectivity index (χ3v) is 4.67. The minimum atomic E-state index is -0.0779. The fourth-order valence-corrected chi connectivity index (χ4v) is 3.40. The van der Waals surface area contributed by atoms with Crippen molar-refractivity contribution in [1.82, 2.24) is 19.6 Å². The molecule has 0 aliphatic carbocycles. The van der Waals surface area contributed by atoms with Crippen molar-refractivity contribution in [3.05, 3.63) is 41.3 Å². The third kappa shape index (κ3) is 3.97. The Morgan fingerprint density at radius 3 is 2.96 bits per heavy atom. The normalized spacial score (nSPS) is 16.9. The van der Waals surface area contributed by atoms with Crippen LogP contribution < -0.4 is 5.32 Å². The monoisotopic (exact) mass is 346 g/mol. The number of nitrogens with one attached hydrogen (secondary N) is 1. The van der Waals surface area contributed by atoms with E-state index in [1.165, 1.54) is 6.42 Å². The maximum absolute atomic E-state index is 12.2. The maximum Gasteiger partial charge on any atom is 0.244 e. The Hall–Kier alpha value is -1.85. The first-order valence-corrected chi connectivity index (χ1v) is 8.88. The van der Waals surface area contributed by atoms with Crippen LogP contribution in [0.2, 0.25) is 5.15 Å². The summed E-state index contributed by atoms with van der Waals surface area (Å²) in [4.78, 5) is 18.9. The Labute approximate surface area is 147 Å². The van der Waals surface area contributed by atoms with Gasteiger partial charge >= 0.3 is 0 Å². The third-order valence-electron chi connectivity index (χ3n) is 4.39. The molecule has 0 spiro atoms. The van der Waals surface area contributed by atoms with Gasteiger partial charge < -0.3 is 10.2 Å². The number of piperidine rings is 1. The van der Waals surface area contributed by atoms with Gasteiger partial charge in [-0.05, 0) is 44.0 Å². The number of rotatable bonds is 5. The fraction of sp³-hybridized carbons (Fsp3) is 0.444. The molecule has 1 amide bonds. The largest absolute Gasteiger partial charge is 0.350 e. The summed E-state index contributed by atoms with van der Waals surface area (Å²) in [6, 6.07) is 5.96. The molecule has 5 nitrogen and oxygen atoms in total. The molecule has 1 aliphatic heterocycles. The van der Waals surface area contributed by atoms with E-state index in [0.717, 1.165) is 43.8 Å². The van der Waals surface area contributed by atoms with E-state index >= 15 is 0 Å². The van der Waals surface area contributed by atoms with Crippen LogP contribution in [0.15, 0.2) is 30.5 Å². The van der Waals surface area contributed by atoms with Gasteiger partial charge in [-0.2, -0.15) is 0 Å². The number of carbonyl (C=O) groups excluding carboxylic acids is 1. The van der Waals surface area contributed by atoms with Crippen LogP contribution in [0.3, 0.4) is 0 Å². The highest BCUT2D eigenvalue weighted by Gasteiger charge is 2.19. The smallest absolute Gasteiger partial charge is 0.244 e. The van der Waals surface area contributed by atoms with Gasteiger partial charge in [0.15, 0.2) is 5.15 Å². The van der Waals surface area contributed by atoms with Crippen LogP contribution in [0.1, 0.15) is 31.9 Å². The van der Waals surface area contributed by atoms with E-state index in [4.69, 9.17) is 11.6 Å². The SMILES string of the molecule is CCCN1CCC(NC(=O)/C=C/c2c(Cl)nc3ccccn23)CC1. The molecule has 1 N–H and O–H groups in total. The van der Waals surface area contributed by atoms with Crippen molar-refractivity contribution in [3.63, 3.8) is 0 Å². The minimum absolute atomic E-state index is 0.0779. The summed E-state index contributed by atoms with van der Waals surface area (Å²) in [6.45, 7) is 5.46. The second-order valence-electron chi connectivity index (χ2n) is 6.17. The molecule has 0 saturated carbocycles.